The summed E-state index contributed by atoms with van der Waals surface area (Å²) in [6.45, 7) is 0.925. The molecule has 1 saturated heterocycles. The number of nitrogens with zero attached hydrogens (tertiary/aromatic N) is 2. The minimum Gasteiger partial charge on any atom is -0.335 e. The summed E-state index contributed by atoms with van der Waals surface area (Å²) in [5, 5.41) is 12.4. The van der Waals surface area contributed by atoms with E-state index >= 15 is 0 Å². The van der Waals surface area contributed by atoms with Gasteiger partial charge in [0.2, 0.25) is 6.43 Å². The highest BCUT2D eigenvalue weighted by molar-refractivity contribution is 5.75. The third kappa shape index (κ3) is 4.09. The van der Waals surface area contributed by atoms with Crippen molar-refractivity contribution in [1.82, 2.24) is 10.2 Å². The molecule has 4 nitrogen and oxygen atoms in total. The molecule has 2 atom stereocenters. The van der Waals surface area contributed by atoms with Gasteiger partial charge in [-0.15, -0.1) is 0 Å². The average molecular weight is 347 g/mol. The summed E-state index contributed by atoms with van der Waals surface area (Å²) >= 11 is 0. The third-order valence-corrected chi connectivity index (χ3v) is 5.46. The van der Waals surface area contributed by atoms with E-state index in [-0.39, 0.29) is 23.9 Å². The summed E-state index contributed by atoms with van der Waals surface area (Å²) in [5.74, 6) is -0.736. The van der Waals surface area contributed by atoms with Crippen molar-refractivity contribution in [3.63, 3.8) is 0 Å². The minimum absolute atomic E-state index is 0.0199. The van der Waals surface area contributed by atoms with Crippen molar-refractivity contribution in [3.8, 4) is 6.07 Å². The lowest BCUT2D eigenvalue weighted by atomic mass is 9.86. The number of carbonyl (C=O) groups is 1. The van der Waals surface area contributed by atoms with Crippen LogP contribution in [-0.2, 0) is 0 Å². The van der Waals surface area contributed by atoms with Crippen LogP contribution < -0.4 is 5.32 Å². The Balaban J connectivity index is 1.56. The van der Waals surface area contributed by atoms with Crippen LogP contribution in [0.15, 0.2) is 30.3 Å². The highest BCUT2D eigenvalue weighted by Gasteiger charge is 2.37. The monoisotopic (exact) mass is 347 g/mol. The van der Waals surface area contributed by atoms with Gasteiger partial charge in [0.1, 0.15) is 0 Å². The number of nitrogens with one attached hydrogen (secondary N) is 1. The molecule has 1 aliphatic carbocycles. The van der Waals surface area contributed by atoms with E-state index in [1.54, 1.807) is 4.90 Å². The summed E-state index contributed by atoms with van der Waals surface area (Å²) < 4.78 is 25.4. The predicted molar refractivity (Wildman–Crippen MR) is 90.1 cm³/mol. The molecule has 1 heterocycles. The molecule has 1 aliphatic heterocycles. The lowest BCUT2D eigenvalue weighted by molar-refractivity contribution is 0.0511. The molecule has 3 rings (SSSR count). The lowest BCUT2D eigenvalue weighted by Crippen LogP contribution is -2.45. The smallest absolute Gasteiger partial charge is 0.317 e. The molecule has 2 fully saturated rings. The molecule has 1 aromatic carbocycles. The van der Waals surface area contributed by atoms with E-state index in [1.165, 1.54) is 0 Å². The molecule has 0 radical (unpaired) electrons. The fraction of sp³-hybridized carbons (Fsp3) is 0.579. The van der Waals surface area contributed by atoms with Crippen molar-refractivity contribution < 1.29 is 13.6 Å². The fourth-order valence-corrected chi connectivity index (χ4v) is 3.92. The number of benzene rings is 1. The predicted octanol–water partition coefficient (Wildman–Crippen LogP) is 3.76. The van der Waals surface area contributed by atoms with Crippen molar-refractivity contribution in [3.05, 3.63) is 35.9 Å². The molecule has 6 heteroatoms. The highest BCUT2D eigenvalue weighted by Crippen LogP contribution is 2.33. The molecule has 0 spiro atoms. The van der Waals surface area contributed by atoms with Crippen LogP contribution in [0.5, 0.6) is 0 Å². The van der Waals surface area contributed by atoms with Gasteiger partial charge >= 0.3 is 6.03 Å². The normalized spacial score (nSPS) is 29.4. The zero-order valence-corrected chi connectivity index (χ0v) is 14.1. The molecule has 1 aromatic rings. The Kier molecular flexibility index (Phi) is 5.52. The number of nitriles is 1. The molecule has 1 N–H and O–H groups in total. The van der Waals surface area contributed by atoms with Crippen LogP contribution in [0.4, 0.5) is 13.6 Å². The van der Waals surface area contributed by atoms with Crippen LogP contribution in [0.3, 0.4) is 0 Å². The van der Waals surface area contributed by atoms with E-state index in [4.69, 9.17) is 0 Å². The van der Waals surface area contributed by atoms with Gasteiger partial charge in [0.05, 0.1) is 12.0 Å². The van der Waals surface area contributed by atoms with Crippen molar-refractivity contribution in [1.29, 1.82) is 5.26 Å². The number of halogens is 2. The Morgan fingerprint density at radius 3 is 2.44 bits per heavy atom. The number of likely N-dealkylation sites (tertiary alicyclic amines) is 1. The van der Waals surface area contributed by atoms with Crippen molar-refractivity contribution in [2.75, 3.05) is 13.1 Å². The molecule has 0 aromatic heterocycles. The van der Waals surface area contributed by atoms with E-state index in [0.29, 0.717) is 38.8 Å². The summed E-state index contributed by atoms with van der Waals surface area (Å²) in [4.78, 5) is 14.2. The Morgan fingerprint density at radius 1 is 1.16 bits per heavy atom. The Bertz CT molecular complexity index is 623. The lowest BCUT2D eigenvalue weighted by Gasteiger charge is -2.30. The van der Waals surface area contributed by atoms with Crippen LogP contribution in [0.25, 0.3) is 0 Å². The Hall–Kier alpha value is -2.16. The molecule has 2 aliphatic rings. The zero-order chi connectivity index (χ0) is 17.8. The van der Waals surface area contributed by atoms with Crippen molar-refractivity contribution in [2.24, 2.45) is 11.8 Å². The van der Waals surface area contributed by atoms with E-state index in [9.17, 15) is 18.8 Å². The van der Waals surface area contributed by atoms with Crippen molar-refractivity contribution in [2.45, 2.75) is 44.1 Å². The molecule has 1 saturated carbocycles. The fourth-order valence-electron chi connectivity index (χ4n) is 3.92. The molecular formula is C19H23F2N3O. The molecule has 0 bridgehead atoms. The SMILES string of the molecule is N#C[C@@H]1CN(C(=O)NC2CCC(C(F)F)CC2)C[C@H]1c1ccccc1. The maximum absolute atomic E-state index is 12.7. The number of amides is 2. The highest BCUT2D eigenvalue weighted by atomic mass is 19.3. The second kappa shape index (κ2) is 7.81. The maximum atomic E-state index is 12.7. The van der Waals surface area contributed by atoms with E-state index in [2.05, 4.69) is 11.4 Å². The average Bonchev–Trinajstić information content (AvgIpc) is 3.07. The second-order valence-corrected chi connectivity index (χ2v) is 7.05. The first-order chi connectivity index (χ1) is 12.1. The van der Waals surface area contributed by atoms with Gasteiger partial charge in [0.25, 0.3) is 0 Å². The van der Waals surface area contributed by atoms with E-state index < -0.39 is 12.3 Å². The first kappa shape index (κ1) is 17.7. The number of hydrogen-bond acceptors (Lipinski definition) is 2. The van der Waals surface area contributed by atoms with Gasteiger partial charge in [-0.3, -0.25) is 0 Å². The van der Waals surface area contributed by atoms with Gasteiger partial charge < -0.3 is 10.2 Å². The molecule has 0 unspecified atom stereocenters. The van der Waals surface area contributed by atoms with Crippen LogP contribution in [0.1, 0.15) is 37.2 Å². The first-order valence-electron chi connectivity index (χ1n) is 8.86. The largest absolute Gasteiger partial charge is 0.335 e. The third-order valence-electron chi connectivity index (χ3n) is 5.46. The number of alkyl halides is 2. The van der Waals surface area contributed by atoms with Gasteiger partial charge in [0, 0.05) is 31.0 Å². The Morgan fingerprint density at radius 2 is 1.84 bits per heavy atom. The number of rotatable bonds is 3. The van der Waals surface area contributed by atoms with Crippen LogP contribution >= 0.6 is 0 Å². The second-order valence-electron chi connectivity index (χ2n) is 7.05. The van der Waals surface area contributed by atoms with Crippen molar-refractivity contribution >= 4 is 6.03 Å². The summed E-state index contributed by atoms with van der Waals surface area (Å²) in [5.41, 5.74) is 1.07. The van der Waals surface area contributed by atoms with Crippen LogP contribution in [-0.4, -0.2) is 36.5 Å². The van der Waals surface area contributed by atoms with Crippen LogP contribution in [0, 0.1) is 23.2 Å². The van der Waals surface area contributed by atoms with E-state index in [1.807, 2.05) is 30.3 Å². The molecule has 2 amide bonds. The van der Waals surface area contributed by atoms with Gasteiger partial charge in [-0.05, 0) is 31.2 Å². The summed E-state index contributed by atoms with van der Waals surface area (Å²) in [6.07, 6.45) is -0.165. The number of urea groups is 1. The number of carbonyl (C=O) groups excluding carboxylic acids is 1. The van der Waals surface area contributed by atoms with Gasteiger partial charge in [0.15, 0.2) is 0 Å². The molecule has 25 heavy (non-hydrogen) atoms. The maximum Gasteiger partial charge on any atom is 0.317 e. The molecular weight excluding hydrogens is 324 g/mol. The summed E-state index contributed by atoms with van der Waals surface area (Å²) in [6, 6.07) is 11.9. The van der Waals surface area contributed by atoms with E-state index in [0.717, 1.165) is 5.56 Å². The summed E-state index contributed by atoms with van der Waals surface area (Å²) in [7, 11) is 0. The van der Waals surface area contributed by atoms with Crippen LogP contribution in [0.2, 0.25) is 0 Å². The minimum atomic E-state index is -2.27. The standard InChI is InChI=1S/C19H23F2N3O/c20-18(21)14-6-8-16(9-7-14)23-19(25)24-11-15(10-22)17(12-24)13-4-2-1-3-5-13/h1-5,14-18H,6-9,11-12H2,(H,23,25)/t14?,15-,16?,17+/m1/s1. The Labute approximate surface area is 146 Å². The zero-order valence-electron chi connectivity index (χ0n) is 14.1. The molecule has 134 valence electrons. The number of hydrogen-bond donors (Lipinski definition) is 1. The van der Waals surface area contributed by atoms with Gasteiger partial charge in [-0.25, -0.2) is 13.6 Å². The quantitative estimate of drug-likeness (QED) is 0.905. The topological polar surface area (TPSA) is 56.1 Å². The van der Waals surface area contributed by atoms with Gasteiger partial charge in [-0.1, -0.05) is 30.3 Å². The first-order valence-corrected chi connectivity index (χ1v) is 8.86. The van der Waals surface area contributed by atoms with Gasteiger partial charge in [-0.2, -0.15) is 5.26 Å².